The lowest BCUT2D eigenvalue weighted by atomic mass is 9.63. The van der Waals surface area contributed by atoms with Crippen molar-refractivity contribution in [2.24, 2.45) is 0 Å². The summed E-state index contributed by atoms with van der Waals surface area (Å²) < 4.78 is 0. The molecule has 0 heterocycles. The summed E-state index contributed by atoms with van der Waals surface area (Å²) in [6, 6.07) is 14.2. The van der Waals surface area contributed by atoms with E-state index in [2.05, 4.69) is 58.0 Å². The number of hydrogen-bond donors (Lipinski definition) is 1. The van der Waals surface area contributed by atoms with Crippen LogP contribution in [0.2, 0.25) is 0 Å². The maximum Gasteiger partial charge on any atom is 0.335 e. The number of aryl methyl sites for hydroxylation is 1. The maximum atomic E-state index is 11.3. The highest BCUT2D eigenvalue weighted by Gasteiger charge is 2.36. The molecule has 0 fully saturated rings. The van der Waals surface area contributed by atoms with E-state index < -0.39 is 5.97 Å². The number of fused-ring (bicyclic) bond motifs is 1. The molecule has 0 atom stereocenters. The Bertz CT molecular complexity index is 989. The third-order valence-corrected chi connectivity index (χ3v) is 6.50. The van der Waals surface area contributed by atoms with Gasteiger partial charge in [0, 0.05) is 0 Å². The fourth-order valence-corrected chi connectivity index (χ4v) is 4.48. The number of rotatable bonds is 6. The molecule has 2 aromatic rings. The summed E-state index contributed by atoms with van der Waals surface area (Å²) in [5.74, 6) is -0.892. The van der Waals surface area contributed by atoms with Gasteiger partial charge in [-0.05, 0) is 83.4 Å². The molecular weight excluding hydrogens is 368 g/mol. The average molecular weight is 403 g/mol. The molecule has 0 spiro atoms. The molecule has 2 heteroatoms. The van der Waals surface area contributed by atoms with Crippen molar-refractivity contribution in [1.82, 2.24) is 0 Å². The van der Waals surface area contributed by atoms with Crippen LogP contribution in [-0.2, 0) is 17.3 Å². The Balaban J connectivity index is 1.83. The van der Waals surface area contributed by atoms with Crippen LogP contribution in [0, 0.1) is 0 Å². The van der Waals surface area contributed by atoms with Gasteiger partial charge in [-0.25, -0.2) is 4.79 Å². The van der Waals surface area contributed by atoms with Crippen LogP contribution in [0.1, 0.15) is 86.5 Å². The summed E-state index contributed by atoms with van der Waals surface area (Å²) >= 11 is 0. The van der Waals surface area contributed by atoms with E-state index in [0.717, 1.165) is 24.0 Å². The molecule has 1 N–H and O–H groups in total. The molecule has 0 aliphatic heterocycles. The van der Waals surface area contributed by atoms with E-state index in [4.69, 9.17) is 0 Å². The minimum absolute atomic E-state index is 0.226. The molecule has 0 aromatic heterocycles. The smallest absolute Gasteiger partial charge is 0.335 e. The van der Waals surface area contributed by atoms with E-state index in [1.54, 1.807) is 12.1 Å². The van der Waals surface area contributed by atoms with Gasteiger partial charge in [0.15, 0.2) is 0 Å². The van der Waals surface area contributed by atoms with Crippen molar-refractivity contribution in [3.8, 4) is 0 Å². The van der Waals surface area contributed by atoms with Crippen LogP contribution >= 0.6 is 0 Å². The zero-order chi connectivity index (χ0) is 21.9. The van der Waals surface area contributed by atoms with E-state index in [0.29, 0.717) is 5.56 Å². The first-order chi connectivity index (χ1) is 14.1. The summed E-state index contributed by atoms with van der Waals surface area (Å²) in [5.41, 5.74) is 7.18. The first-order valence-electron chi connectivity index (χ1n) is 10.9. The molecule has 2 aromatic carbocycles. The number of benzene rings is 2. The van der Waals surface area contributed by atoms with Crippen LogP contribution in [-0.4, -0.2) is 11.1 Å². The second kappa shape index (κ2) is 8.63. The Labute approximate surface area is 181 Å². The fourth-order valence-electron chi connectivity index (χ4n) is 4.48. The highest BCUT2D eigenvalue weighted by atomic mass is 16.4. The zero-order valence-corrected chi connectivity index (χ0v) is 19.0. The molecule has 30 heavy (non-hydrogen) atoms. The number of carboxylic acid groups (broad SMARTS) is 1. The number of allylic oxidation sites excluding steroid dienone is 4. The molecule has 3 rings (SSSR count). The molecule has 2 nitrogen and oxygen atoms in total. The van der Waals surface area contributed by atoms with Gasteiger partial charge >= 0.3 is 5.97 Å². The normalized spacial score (nSPS) is 17.7. The lowest BCUT2D eigenvalue weighted by Gasteiger charge is -2.42. The minimum Gasteiger partial charge on any atom is -0.478 e. The van der Waals surface area contributed by atoms with Crippen LogP contribution in [0.4, 0.5) is 0 Å². The highest BCUT2D eigenvalue weighted by Crippen LogP contribution is 2.45. The Morgan fingerprint density at radius 3 is 2.30 bits per heavy atom. The predicted octanol–water partition coefficient (Wildman–Crippen LogP) is 7.33. The second-order valence-electron chi connectivity index (χ2n) is 9.73. The van der Waals surface area contributed by atoms with E-state index in [1.165, 1.54) is 29.5 Å². The summed E-state index contributed by atoms with van der Waals surface area (Å²) in [4.78, 5) is 11.3. The van der Waals surface area contributed by atoms with Crippen molar-refractivity contribution in [2.75, 3.05) is 0 Å². The summed E-state index contributed by atoms with van der Waals surface area (Å²) in [7, 11) is 0. The molecule has 158 valence electrons. The standard InChI is InChI=1S/C28H34O2/c1-6-9-21(22-12-8-13-23(19-22)26(29)30)11-7-10-20-14-15-24-25(18-20)28(4,5)17-16-27(24,2)3/h6,8-9,11-15,18-19H,7,10,16-17H2,1-5H3,(H,29,30)/b9-6?,21-11-. The molecule has 0 saturated heterocycles. The van der Waals surface area contributed by atoms with Crippen molar-refractivity contribution in [1.29, 1.82) is 0 Å². The quantitative estimate of drug-likeness (QED) is 0.514. The first-order valence-corrected chi connectivity index (χ1v) is 10.9. The SMILES string of the molecule is CC=C/C(=C/CCc1ccc2c(c1)C(C)(C)CCC2(C)C)c1cccc(C(=O)O)c1. The van der Waals surface area contributed by atoms with Crippen LogP contribution in [0.5, 0.6) is 0 Å². The van der Waals surface area contributed by atoms with Gasteiger partial charge in [-0.3, -0.25) is 0 Å². The lowest BCUT2D eigenvalue weighted by molar-refractivity contribution is 0.0697. The van der Waals surface area contributed by atoms with Gasteiger partial charge in [0.1, 0.15) is 0 Å². The van der Waals surface area contributed by atoms with E-state index in [9.17, 15) is 9.90 Å². The van der Waals surface area contributed by atoms with Crippen LogP contribution < -0.4 is 0 Å². The van der Waals surface area contributed by atoms with E-state index in [1.807, 2.05) is 25.1 Å². The number of aromatic carboxylic acids is 1. The predicted molar refractivity (Wildman–Crippen MR) is 126 cm³/mol. The van der Waals surface area contributed by atoms with Gasteiger partial charge in [-0.2, -0.15) is 0 Å². The van der Waals surface area contributed by atoms with Gasteiger partial charge in [-0.15, -0.1) is 0 Å². The molecule has 0 radical (unpaired) electrons. The molecule has 1 aliphatic carbocycles. The van der Waals surface area contributed by atoms with Crippen LogP contribution in [0.25, 0.3) is 5.57 Å². The van der Waals surface area contributed by atoms with Gasteiger partial charge in [-0.1, -0.05) is 76.3 Å². The topological polar surface area (TPSA) is 37.3 Å². The number of carbonyl (C=O) groups is 1. The van der Waals surface area contributed by atoms with Crippen molar-refractivity contribution in [3.05, 3.63) is 88.5 Å². The summed E-state index contributed by atoms with van der Waals surface area (Å²) in [6.45, 7) is 11.4. The van der Waals surface area contributed by atoms with Gasteiger partial charge in [0.25, 0.3) is 0 Å². The molecule has 1 aliphatic rings. The van der Waals surface area contributed by atoms with Crippen molar-refractivity contribution in [2.45, 2.75) is 71.1 Å². The zero-order valence-electron chi connectivity index (χ0n) is 19.0. The van der Waals surface area contributed by atoms with Crippen molar-refractivity contribution < 1.29 is 9.90 Å². The van der Waals surface area contributed by atoms with Crippen LogP contribution in [0.3, 0.4) is 0 Å². The largest absolute Gasteiger partial charge is 0.478 e. The number of hydrogen-bond acceptors (Lipinski definition) is 1. The molecule has 0 unspecified atom stereocenters. The summed E-state index contributed by atoms with van der Waals surface area (Å²) in [5, 5.41) is 9.28. The highest BCUT2D eigenvalue weighted by molar-refractivity contribution is 5.89. The third-order valence-electron chi connectivity index (χ3n) is 6.50. The van der Waals surface area contributed by atoms with Crippen molar-refractivity contribution >= 4 is 11.5 Å². The molecule has 0 amide bonds. The van der Waals surface area contributed by atoms with Gasteiger partial charge in [0.2, 0.25) is 0 Å². The van der Waals surface area contributed by atoms with Crippen LogP contribution in [0.15, 0.2) is 60.7 Å². The Morgan fingerprint density at radius 2 is 1.63 bits per heavy atom. The van der Waals surface area contributed by atoms with E-state index >= 15 is 0 Å². The van der Waals surface area contributed by atoms with Crippen molar-refractivity contribution in [3.63, 3.8) is 0 Å². The summed E-state index contributed by atoms with van der Waals surface area (Å²) in [6.07, 6.45) is 10.6. The van der Waals surface area contributed by atoms with E-state index in [-0.39, 0.29) is 10.8 Å². The first kappa shape index (κ1) is 22.1. The Morgan fingerprint density at radius 1 is 0.967 bits per heavy atom. The molecular formula is C28H34O2. The maximum absolute atomic E-state index is 11.3. The minimum atomic E-state index is -0.892. The third kappa shape index (κ3) is 4.75. The Kier molecular flexibility index (Phi) is 6.36. The van der Waals surface area contributed by atoms with Gasteiger partial charge < -0.3 is 5.11 Å². The monoisotopic (exact) mass is 402 g/mol. The average Bonchev–Trinajstić information content (AvgIpc) is 2.71. The molecule has 0 saturated carbocycles. The number of carboxylic acids is 1. The van der Waals surface area contributed by atoms with Gasteiger partial charge in [0.05, 0.1) is 5.56 Å². The fraction of sp³-hybridized carbons (Fsp3) is 0.393. The molecule has 0 bridgehead atoms. The lowest BCUT2D eigenvalue weighted by Crippen LogP contribution is -2.33. The second-order valence-corrected chi connectivity index (χ2v) is 9.73. The Hall–Kier alpha value is -2.61.